The van der Waals surface area contributed by atoms with Crippen molar-refractivity contribution in [2.75, 3.05) is 4.90 Å². The molecule has 180 valence electrons. The Morgan fingerprint density at radius 3 is 1.82 bits per heavy atom. The molecule has 1 aliphatic rings. The number of nitrogens with zero attached hydrogens (tertiary/aromatic N) is 3. The van der Waals surface area contributed by atoms with E-state index in [0.717, 1.165) is 28.2 Å². The van der Waals surface area contributed by atoms with Crippen molar-refractivity contribution in [3.8, 4) is 6.07 Å². The number of rotatable bonds is 6. The van der Waals surface area contributed by atoms with Crippen LogP contribution in [0.3, 0.4) is 0 Å². The monoisotopic (exact) mass is 489 g/mol. The van der Waals surface area contributed by atoms with E-state index in [2.05, 4.69) is 58.3 Å². The molecule has 0 atom stereocenters. The summed E-state index contributed by atoms with van der Waals surface area (Å²) >= 11 is 0. The van der Waals surface area contributed by atoms with Gasteiger partial charge in [-0.3, -0.25) is 0 Å². The van der Waals surface area contributed by atoms with Crippen molar-refractivity contribution in [3.63, 3.8) is 0 Å². The van der Waals surface area contributed by atoms with E-state index in [1.165, 1.54) is 0 Å². The fraction of sp³-hybridized carbons (Fsp3) is 0. The number of benzene rings is 4. The van der Waals surface area contributed by atoms with Crippen molar-refractivity contribution >= 4 is 28.9 Å². The van der Waals surface area contributed by atoms with Gasteiger partial charge in [0.1, 0.15) is 11.5 Å². The van der Waals surface area contributed by atoms with Crippen LogP contribution in [0, 0.1) is 17.9 Å². The lowest BCUT2D eigenvalue weighted by Gasteiger charge is -2.25. The van der Waals surface area contributed by atoms with E-state index in [9.17, 15) is 5.26 Å². The third kappa shape index (κ3) is 5.46. The van der Waals surface area contributed by atoms with Gasteiger partial charge in [0.25, 0.3) is 5.70 Å². The van der Waals surface area contributed by atoms with Crippen LogP contribution in [0.4, 0.5) is 17.1 Å². The summed E-state index contributed by atoms with van der Waals surface area (Å²) in [6, 6.07) is 40.4. The summed E-state index contributed by atoms with van der Waals surface area (Å²) in [5.74, 6) is 1.15. The summed E-state index contributed by atoms with van der Waals surface area (Å²) in [5, 5.41) is 9.42. The van der Waals surface area contributed by atoms with E-state index in [1.807, 2.05) is 85.0 Å². The molecule has 38 heavy (non-hydrogen) atoms. The average Bonchev–Trinajstić information content (AvgIpc) is 2.99. The van der Waals surface area contributed by atoms with Gasteiger partial charge in [-0.15, -0.1) is 0 Å². The van der Waals surface area contributed by atoms with Gasteiger partial charge >= 0.3 is 0 Å². The largest absolute Gasteiger partial charge is 0.457 e. The average molecular weight is 490 g/mol. The number of para-hydroxylation sites is 2. The molecule has 4 aromatic carbocycles. The molecular formula is C34H23N3O. The van der Waals surface area contributed by atoms with E-state index in [-0.39, 0.29) is 5.70 Å². The molecule has 1 heterocycles. The van der Waals surface area contributed by atoms with Gasteiger partial charge in [-0.1, -0.05) is 84.9 Å². The number of ether oxygens (including phenoxy) is 1. The molecule has 0 saturated carbocycles. The number of hydrogen-bond acceptors (Lipinski definition) is 3. The maximum atomic E-state index is 9.42. The Bertz CT molecular complexity index is 1560. The Hall–Kier alpha value is -5.58. The standard InChI is InChI=1S/C34H23N3O/c1-36-33(25-35)28-23-32(38-34(24-28)27-11-5-2-6-12-27)22-19-26-17-20-31(21-18-26)37(29-13-7-3-8-14-29)30-15-9-4-10-16-30/h2-24H/b22-19+,33-28-. The SMILES string of the molecule is [C-]#[N+]/C(C#N)=C1C=C(/C=C/c2ccc(N(c3ccccc3)c3ccccc3)cc2)OC(c2ccccc2)=C/1. The number of nitriles is 1. The lowest BCUT2D eigenvalue weighted by molar-refractivity contribution is 0.396. The van der Waals surface area contributed by atoms with Crippen molar-refractivity contribution in [1.82, 2.24) is 0 Å². The minimum absolute atomic E-state index is 0.0268. The van der Waals surface area contributed by atoms with Crippen LogP contribution in [0.2, 0.25) is 0 Å². The molecule has 4 aromatic rings. The number of allylic oxidation sites excluding steroid dienone is 5. The van der Waals surface area contributed by atoms with Crippen LogP contribution in [-0.4, -0.2) is 0 Å². The van der Waals surface area contributed by atoms with Crippen LogP contribution < -0.4 is 4.90 Å². The molecule has 0 spiro atoms. The lowest BCUT2D eigenvalue weighted by Crippen LogP contribution is -2.09. The molecule has 0 aromatic heterocycles. The topological polar surface area (TPSA) is 40.6 Å². The number of hydrogen-bond donors (Lipinski definition) is 0. The third-order valence-electron chi connectivity index (χ3n) is 5.98. The molecule has 5 rings (SSSR count). The van der Waals surface area contributed by atoms with Crippen molar-refractivity contribution in [2.24, 2.45) is 0 Å². The molecule has 0 amide bonds. The highest BCUT2D eigenvalue weighted by molar-refractivity contribution is 5.77. The van der Waals surface area contributed by atoms with Gasteiger partial charge in [-0.05, 0) is 65.8 Å². The van der Waals surface area contributed by atoms with E-state index >= 15 is 0 Å². The summed E-state index contributed by atoms with van der Waals surface area (Å²) in [5.41, 5.74) is 5.63. The van der Waals surface area contributed by atoms with Gasteiger partial charge < -0.3 is 9.64 Å². The molecule has 4 heteroatoms. The van der Waals surface area contributed by atoms with Crippen LogP contribution in [0.25, 0.3) is 16.7 Å². The highest BCUT2D eigenvalue weighted by atomic mass is 16.5. The zero-order valence-electron chi connectivity index (χ0n) is 20.5. The zero-order chi connectivity index (χ0) is 26.2. The van der Waals surface area contributed by atoms with Crippen molar-refractivity contribution in [3.05, 3.63) is 173 Å². The Kier molecular flexibility index (Phi) is 7.26. The van der Waals surface area contributed by atoms with Crippen molar-refractivity contribution < 1.29 is 4.74 Å². The van der Waals surface area contributed by atoms with E-state index in [4.69, 9.17) is 11.3 Å². The molecule has 0 unspecified atom stereocenters. The Labute approximate surface area is 222 Å². The third-order valence-corrected chi connectivity index (χ3v) is 5.98. The summed E-state index contributed by atoms with van der Waals surface area (Å²) < 4.78 is 6.12. The summed E-state index contributed by atoms with van der Waals surface area (Å²) in [6.45, 7) is 7.37. The molecule has 0 N–H and O–H groups in total. The van der Waals surface area contributed by atoms with E-state index < -0.39 is 0 Å². The predicted molar refractivity (Wildman–Crippen MR) is 153 cm³/mol. The Morgan fingerprint density at radius 1 is 0.711 bits per heavy atom. The lowest BCUT2D eigenvalue weighted by atomic mass is 10.1. The molecule has 0 aliphatic carbocycles. The van der Waals surface area contributed by atoms with Gasteiger partial charge in [0.2, 0.25) is 0 Å². The van der Waals surface area contributed by atoms with Crippen LogP contribution >= 0.6 is 0 Å². The molecule has 4 nitrogen and oxygen atoms in total. The van der Waals surface area contributed by atoms with Gasteiger partial charge in [-0.2, -0.15) is 0 Å². The molecule has 0 radical (unpaired) electrons. The van der Waals surface area contributed by atoms with Gasteiger partial charge in [0.05, 0.1) is 12.6 Å². The summed E-state index contributed by atoms with van der Waals surface area (Å²) in [4.78, 5) is 5.59. The minimum Gasteiger partial charge on any atom is -0.457 e. The highest BCUT2D eigenvalue weighted by Crippen LogP contribution is 2.34. The Morgan fingerprint density at radius 2 is 1.26 bits per heavy atom. The van der Waals surface area contributed by atoms with Crippen molar-refractivity contribution in [2.45, 2.75) is 0 Å². The second kappa shape index (κ2) is 11.4. The maximum absolute atomic E-state index is 9.42. The molecule has 0 fully saturated rings. The summed E-state index contributed by atoms with van der Waals surface area (Å²) in [7, 11) is 0. The van der Waals surface area contributed by atoms with Crippen LogP contribution in [0.5, 0.6) is 0 Å². The van der Waals surface area contributed by atoms with Gasteiger partial charge in [0, 0.05) is 22.6 Å². The number of anilines is 3. The normalized spacial score (nSPS) is 13.9. The second-order valence-corrected chi connectivity index (χ2v) is 8.48. The quantitative estimate of drug-likeness (QED) is 0.201. The summed E-state index contributed by atoms with van der Waals surface area (Å²) in [6.07, 6.45) is 7.27. The molecule has 0 saturated heterocycles. The van der Waals surface area contributed by atoms with E-state index in [0.29, 0.717) is 17.1 Å². The fourth-order valence-electron chi connectivity index (χ4n) is 4.15. The zero-order valence-corrected chi connectivity index (χ0v) is 20.5. The predicted octanol–water partition coefficient (Wildman–Crippen LogP) is 8.82. The van der Waals surface area contributed by atoms with Crippen LogP contribution in [0.1, 0.15) is 11.1 Å². The van der Waals surface area contributed by atoms with Gasteiger partial charge in [0.15, 0.2) is 0 Å². The smallest absolute Gasteiger partial charge is 0.269 e. The first kappa shape index (κ1) is 24.1. The highest BCUT2D eigenvalue weighted by Gasteiger charge is 2.15. The van der Waals surface area contributed by atoms with E-state index in [1.54, 1.807) is 12.2 Å². The first-order valence-corrected chi connectivity index (χ1v) is 12.1. The molecular weight excluding hydrogens is 466 g/mol. The maximum Gasteiger partial charge on any atom is 0.269 e. The van der Waals surface area contributed by atoms with Crippen molar-refractivity contribution in [1.29, 1.82) is 5.26 Å². The van der Waals surface area contributed by atoms with Crippen LogP contribution in [0.15, 0.2) is 151 Å². The van der Waals surface area contributed by atoms with Crippen LogP contribution in [-0.2, 0) is 4.74 Å². The molecule has 1 aliphatic heterocycles. The fourth-order valence-corrected chi connectivity index (χ4v) is 4.15. The minimum atomic E-state index is 0.0268. The molecule has 0 bridgehead atoms. The second-order valence-electron chi connectivity index (χ2n) is 8.48. The first-order chi connectivity index (χ1) is 18.7. The first-order valence-electron chi connectivity index (χ1n) is 12.1. The Balaban J connectivity index is 1.43. The van der Waals surface area contributed by atoms with Gasteiger partial charge in [-0.25, -0.2) is 10.1 Å².